The van der Waals surface area contributed by atoms with E-state index in [1.165, 1.54) is 0 Å². The minimum absolute atomic E-state index is 0.0625. The van der Waals surface area contributed by atoms with Crippen LogP contribution in [0.1, 0.15) is 39.7 Å². The second-order valence-corrected chi connectivity index (χ2v) is 7.68. The third-order valence-corrected chi connectivity index (χ3v) is 4.78. The van der Waals surface area contributed by atoms with E-state index in [2.05, 4.69) is 24.3 Å². The van der Waals surface area contributed by atoms with Crippen molar-refractivity contribution in [3.05, 3.63) is 22.8 Å². The summed E-state index contributed by atoms with van der Waals surface area (Å²) in [7, 11) is 0. The van der Waals surface area contributed by atoms with Gasteiger partial charge in [-0.15, -0.1) is 0 Å². The first-order valence-corrected chi connectivity index (χ1v) is 9.29. The van der Waals surface area contributed by atoms with Gasteiger partial charge >= 0.3 is 6.18 Å². The molecule has 3 atom stereocenters. The molecule has 1 aromatic rings. The van der Waals surface area contributed by atoms with Crippen LogP contribution in [0.3, 0.4) is 0 Å². The van der Waals surface area contributed by atoms with Gasteiger partial charge in [0.25, 0.3) is 11.8 Å². The number of nitrogens with zero attached hydrogens (tertiary/aromatic N) is 2. The Morgan fingerprint density at radius 2 is 1.89 bits per heavy atom. The molecule has 1 aromatic heterocycles. The number of aromatic nitrogens is 1. The fourth-order valence-electron chi connectivity index (χ4n) is 3.01. The molecule has 1 aliphatic heterocycles. The third kappa shape index (κ3) is 5.14. The van der Waals surface area contributed by atoms with Gasteiger partial charge in [-0.05, 0) is 31.4 Å². The molecule has 1 saturated heterocycles. The summed E-state index contributed by atoms with van der Waals surface area (Å²) in [6.07, 6.45) is -3.89. The predicted molar refractivity (Wildman–Crippen MR) is 97.2 cm³/mol. The first kappa shape index (κ1) is 22.4. The number of halogens is 4. The molecule has 2 heterocycles. The number of hydrazine groups is 1. The quantitative estimate of drug-likeness (QED) is 0.529. The van der Waals surface area contributed by atoms with Gasteiger partial charge in [-0.3, -0.25) is 15.0 Å². The van der Waals surface area contributed by atoms with Crippen LogP contribution in [-0.4, -0.2) is 34.5 Å². The topological polar surface area (TPSA) is 71.5 Å². The highest BCUT2D eigenvalue weighted by Gasteiger charge is 2.46. The molecule has 1 fully saturated rings. The first-order valence-electron chi connectivity index (χ1n) is 8.91. The Hall–Kier alpha value is -1.87. The van der Waals surface area contributed by atoms with E-state index in [1.807, 2.05) is 6.92 Å². The highest BCUT2D eigenvalue weighted by Crippen LogP contribution is 2.34. The zero-order valence-corrected chi connectivity index (χ0v) is 16.8. The molecule has 1 N–H and O–H groups in total. The van der Waals surface area contributed by atoms with Crippen molar-refractivity contribution in [3.8, 4) is 0 Å². The third-order valence-electron chi connectivity index (χ3n) is 4.50. The number of hydrogen-bond acceptors (Lipinski definition) is 5. The predicted octanol–water partition coefficient (Wildman–Crippen LogP) is 4.15. The van der Waals surface area contributed by atoms with Crippen LogP contribution < -0.4 is 5.43 Å². The second kappa shape index (κ2) is 8.65. The maximum atomic E-state index is 12.8. The Morgan fingerprint density at radius 3 is 2.43 bits per heavy atom. The molecule has 0 radical (unpaired) electrons. The van der Waals surface area contributed by atoms with Crippen molar-refractivity contribution in [2.45, 2.75) is 46.4 Å². The van der Waals surface area contributed by atoms with Gasteiger partial charge in [-0.2, -0.15) is 18.2 Å². The molecule has 6 nitrogen and oxygen atoms in total. The van der Waals surface area contributed by atoms with Gasteiger partial charge in [0, 0.05) is 0 Å². The number of carbonyl (C=O) groups excluding carboxylic acids is 2. The molecule has 0 aliphatic carbocycles. The molecule has 0 spiro atoms. The zero-order valence-electron chi connectivity index (χ0n) is 16.0. The summed E-state index contributed by atoms with van der Waals surface area (Å²) in [4.78, 5) is 28.6. The van der Waals surface area contributed by atoms with Crippen LogP contribution >= 0.6 is 11.6 Å². The first-order chi connectivity index (χ1) is 12.9. The molecule has 156 valence electrons. The van der Waals surface area contributed by atoms with Gasteiger partial charge in [0.05, 0.1) is 30.1 Å². The Labute approximate surface area is 166 Å². The maximum absolute atomic E-state index is 12.8. The monoisotopic (exact) mass is 421 g/mol. The maximum Gasteiger partial charge on any atom is 0.419 e. The number of carbonyl (C=O) groups is 2. The molecule has 0 aromatic carbocycles. The largest absolute Gasteiger partial charge is 0.419 e. The summed E-state index contributed by atoms with van der Waals surface area (Å²) in [6.45, 7) is 7.70. The van der Waals surface area contributed by atoms with E-state index in [0.717, 1.165) is 23.6 Å². The number of rotatable bonds is 7. The Bertz CT molecular complexity index is 743. The van der Waals surface area contributed by atoms with Crippen molar-refractivity contribution < 1.29 is 27.5 Å². The van der Waals surface area contributed by atoms with Gasteiger partial charge in [0.1, 0.15) is 11.0 Å². The average Bonchev–Trinajstić information content (AvgIpc) is 2.75. The smallest absolute Gasteiger partial charge is 0.378 e. The Kier molecular flexibility index (Phi) is 6.93. The van der Waals surface area contributed by atoms with Crippen LogP contribution in [0.4, 0.5) is 19.0 Å². The molecule has 0 saturated carbocycles. The van der Waals surface area contributed by atoms with Crippen LogP contribution in [0.25, 0.3) is 0 Å². The lowest BCUT2D eigenvalue weighted by Gasteiger charge is -2.19. The van der Waals surface area contributed by atoms with E-state index >= 15 is 0 Å². The van der Waals surface area contributed by atoms with Gasteiger partial charge < -0.3 is 4.74 Å². The number of amides is 2. The summed E-state index contributed by atoms with van der Waals surface area (Å²) in [5.41, 5.74) is 1.36. The van der Waals surface area contributed by atoms with Crippen molar-refractivity contribution in [3.63, 3.8) is 0 Å². The fraction of sp³-hybridized carbons (Fsp3) is 0.611. The lowest BCUT2D eigenvalue weighted by atomic mass is 9.98. The molecular formula is C18H23ClF3N3O3. The van der Waals surface area contributed by atoms with Crippen molar-refractivity contribution in [1.29, 1.82) is 0 Å². The van der Waals surface area contributed by atoms with Crippen molar-refractivity contribution in [2.75, 3.05) is 12.0 Å². The lowest BCUT2D eigenvalue weighted by Crippen LogP contribution is -2.37. The summed E-state index contributed by atoms with van der Waals surface area (Å²) >= 11 is 5.58. The van der Waals surface area contributed by atoms with E-state index in [9.17, 15) is 22.8 Å². The molecular weight excluding hydrogens is 399 g/mol. The Morgan fingerprint density at radius 1 is 1.25 bits per heavy atom. The van der Waals surface area contributed by atoms with Crippen molar-refractivity contribution in [2.24, 2.45) is 17.8 Å². The summed E-state index contributed by atoms with van der Waals surface area (Å²) in [5.74, 6) is -2.04. The van der Waals surface area contributed by atoms with Crippen molar-refractivity contribution >= 4 is 29.2 Å². The minimum atomic E-state index is -4.65. The van der Waals surface area contributed by atoms with E-state index in [-0.39, 0.29) is 18.5 Å². The lowest BCUT2D eigenvalue weighted by molar-refractivity contribution is -0.139. The normalized spacial score (nSPS) is 21.5. The summed E-state index contributed by atoms with van der Waals surface area (Å²) < 4.78 is 44.0. The number of pyridine rings is 1. The number of imide groups is 1. The van der Waals surface area contributed by atoms with Crippen LogP contribution in [0, 0.1) is 17.8 Å². The summed E-state index contributed by atoms with van der Waals surface area (Å²) in [5, 5.41) is -0.00963. The SMILES string of the molecule is CC(C)CC(C)OCC1C(=O)N(Nc2ccc(C(F)(F)F)c(Cl)n2)C(=O)C1C. The van der Waals surface area contributed by atoms with Gasteiger partial charge in [0.15, 0.2) is 0 Å². The number of nitrogens with one attached hydrogen (secondary N) is 1. The molecule has 1 aliphatic rings. The Balaban J connectivity index is 2.07. The zero-order chi connectivity index (χ0) is 21.2. The number of ether oxygens (including phenoxy) is 1. The summed E-state index contributed by atoms with van der Waals surface area (Å²) in [6, 6.07) is 1.74. The average molecular weight is 422 g/mol. The molecule has 3 unspecified atom stereocenters. The van der Waals surface area contributed by atoms with Crippen LogP contribution in [-0.2, 0) is 20.5 Å². The molecule has 28 heavy (non-hydrogen) atoms. The van der Waals surface area contributed by atoms with E-state index in [4.69, 9.17) is 16.3 Å². The molecule has 2 amide bonds. The molecule has 0 bridgehead atoms. The molecule has 10 heteroatoms. The molecule has 2 rings (SSSR count). The minimum Gasteiger partial charge on any atom is -0.378 e. The highest BCUT2D eigenvalue weighted by molar-refractivity contribution is 6.30. The van der Waals surface area contributed by atoms with E-state index in [0.29, 0.717) is 5.92 Å². The van der Waals surface area contributed by atoms with E-state index < -0.39 is 40.5 Å². The van der Waals surface area contributed by atoms with E-state index in [1.54, 1.807) is 6.92 Å². The highest BCUT2D eigenvalue weighted by atomic mass is 35.5. The van der Waals surface area contributed by atoms with Crippen molar-refractivity contribution in [1.82, 2.24) is 9.99 Å². The van der Waals surface area contributed by atoms with Crippen LogP contribution in [0.5, 0.6) is 0 Å². The number of alkyl halides is 3. The van der Waals surface area contributed by atoms with Gasteiger partial charge in [-0.25, -0.2) is 4.98 Å². The van der Waals surface area contributed by atoms with Crippen LogP contribution in [0.15, 0.2) is 12.1 Å². The van der Waals surface area contributed by atoms with Gasteiger partial charge in [0.2, 0.25) is 0 Å². The second-order valence-electron chi connectivity index (χ2n) is 7.32. The van der Waals surface area contributed by atoms with Crippen LogP contribution in [0.2, 0.25) is 5.15 Å². The number of anilines is 1. The standard InChI is InChI=1S/C18H23ClF3N3O3/c1-9(2)7-10(3)28-8-12-11(4)16(26)25(17(12)27)24-14-6-5-13(15(19)23-14)18(20,21)22/h5-6,9-12H,7-8H2,1-4H3,(H,23,24). The van der Waals surface area contributed by atoms with Gasteiger partial charge in [-0.1, -0.05) is 32.4 Å². The fourth-order valence-corrected chi connectivity index (χ4v) is 3.27. The number of hydrogen-bond donors (Lipinski definition) is 1.